The molecule has 0 aromatic carbocycles. The Hall–Kier alpha value is -1.38. The highest BCUT2D eigenvalue weighted by Gasteiger charge is 2.12. The lowest BCUT2D eigenvalue weighted by molar-refractivity contribution is -0.765. The first-order valence-electron chi connectivity index (χ1n) is 5.48. The van der Waals surface area contributed by atoms with Gasteiger partial charge in [0.2, 0.25) is 6.20 Å². The normalized spacial score (nSPS) is 11.9. The molecule has 2 heterocycles. The fourth-order valence-corrected chi connectivity index (χ4v) is 1.58. The van der Waals surface area contributed by atoms with Gasteiger partial charge in [-0.25, -0.2) is 4.98 Å². The highest BCUT2D eigenvalue weighted by atomic mass is 15.3. The van der Waals surface area contributed by atoms with Gasteiger partial charge in [0.05, 0.1) is 5.39 Å². The molecule has 1 N–H and O–H groups in total. The van der Waals surface area contributed by atoms with Crippen molar-refractivity contribution in [3.05, 3.63) is 24.0 Å². The Morgan fingerprint density at radius 3 is 2.53 bits per heavy atom. The molecule has 2 aromatic heterocycles. The smallest absolute Gasteiger partial charge is 0.205 e. The van der Waals surface area contributed by atoms with Crippen LogP contribution < -0.4 is 4.68 Å². The zero-order valence-electron chi connectivity index (χ0n) is 9.78. The maximum absolute atomic E-state index is 4.60. The molecular weight excluding hydrogens is 186 g/mol. The van der Waals surface area contributed by atoms with Gasteiger partial charge in [0.25, 0.3) is 0 Å². The molecule has 0 spiro atoms. The lowest BCUT2D eigenvalue weighted by atomic mass is 10.1. The van der Waals surface area contributed by atoms with Crippen LogP contribution in [0.15, 0.2) is 18.3 Å². The SMILES string of the molecule is CC(C)c1ccc2c[n+](C(C)C)[nH]c2n1. The zero-order chi connectivity index (χ0) is 11.0. The van der Waals surface area contributed by atoms with E-state index >= 15 is 0 Å². The number of hydrogen-bond donors (Lipinski definition) is 1. The molecule has 0 aliphatic heterocycles. The first kappa shape index (κ1) is 10.1. The summed E-state index contributed by atoms with van der Waals surface area (Å²) in [6.45, 7) is 8.62. The lowest BCUT2D eigenvalue weighted by Crippen LogP contribution is -2.36. The summed E-state index contributed by atoms with van der Waals surface area (Å²) in [4.78, 5) is 4.60. The van der Waals surface area contributed by atoms with Crippen molar-refractivity contribution in [2.24, 2.45) is 0 Å². The Labute approximate surface area is 90.1 Å². The van der Waals surface area contributed by atoms with E-state index in [9.17, 15) is 0 Å². The molecular formula is C12H18N3+. The molecule has 2 aromatic rings. The summed E-state index contributed by atoms with van der Waals surface area (Å²) in [5.41, 5.74) is 2.12. The van der Waals surface area contributed by atoms with E-state index in [2.05, 4.69) is 60.8 Å². The van der Waals surface area contributed by atoms with Crippen molar-refractivity contribution in [3.63, 3.8) is 0 Å². The van der Waals surface area contributed by atoms with Crippen molar-refractivity contribution < 1.29 is 4.68 Å². The van der Waals surface area contributed by atoms with E-state index in [1.807, 2.05) is 0 Å². The summed E-state index contributed by atoms with van der Waals surface area (Å²) >= 11 is 0. The molecule has 3 heteroatoms. The molecule has 0 bridgehead atoms. The van der Waals surface area contributed by atoms with Gasteiger partial charge in [-0.1, -0.05) is 13.8 Å². The first-order chi connectivity index (χ1) is 7.08. The van der Waals surface area contributed by atoms with Gasteiger partial charge >= 0.3 is 0 Å². The molecule has 15 heavy (non-hydrogen) atoms. The van der Waals surface area contributed by atoms with E-state index in [0.29, 0.717) is 12.0 Å². The Morgan fingerprint density at radius 1 is 1.20 bits per heavy atom. The van der Waals surface area contributed by atoms with Crippen LogP contribution >= 0.6 is 0 Å². The van der Waals surface area contributed by atoms with Crippen LogP contribution in [0.4, 0.5) is 0 Å². The predicted molar refractivity (Wildman–Crippen MR) is 60.8 cm³/mol. The average molecular weight is 204 g/mol. The molecule has 2 rings (SSSR count). The number of hydrogen-bond acceptors (Lipinski definition) is 1. The second-order valence-corrected chi connectivity index (χ2v) is 4.57. The standard InChI is InChI=1S/C12H17N3/c1-8(2)11-6-5-10-7-15(9(3)4)14-12(10)13-11/h5-9H,1-4H3/p+1. The summed E-state index contributed by atoms with van der Waals surface area (Å²) in [6, 6.07) is 4.68. The topological polar surface area (TPSA) is 32.6 Å². The van der Waals surface area contributed by atoms with Crippen molar-refractivity contribution in [3.8, 4) is 0 Å². The van der Waals surface area contributed by atoms with Crippen LogP contribution in [0.2, 0.25) is 0 Å². The quantitative estimate of drug-likeness (QED) is 0.749. The molecule has 80 valence electrons. The largest absolute Gasteiger partial charge is 0.230 e. The Balaban J connectivity index is 2.52. The van der Waals surface area contributed by atoms with Gasteiger partial charge in [-0.05, 0) is 31.9 Å². The Morgan fingerprint density at radius 2 is 1.93 bits per heavy atom. The van der Waals surface area contributed by atoms with E-state index < -0.39 is 0 Å². The monoisotopic (exact) mass is 204 g/mol. The first-order valence-corrected chi connectivity index (χ1v) is 5.48. The minimum Gasteiger partial charge on any atom is -0.230 e. The predicted octanol–water partition coefficient (Wildman–Crippen LogP) is 2.55. The maximum Gasteiger partial charge on any atom is 0.205 e. The molecule has 0 radical (unpaired) electrons. The molecule has 0 amide bonds. The van der Waals surface area contributed by atoms with Gasteiger partial charge < -0.3 is 0 Å². The van der Waals surface area contributed by atoms with Crippen LogP contribution in [0.1, 0.15) is 45.3 Å². The fraction of sp³-hybridized carbons (Fsp3) is 0.500. The van der Waals surface area contributed by atoms with Crippen molar-refractivity contribution in [1.29, 1.82) is 0 Å². The van der Waals surface area contributed by atoms with E-state index in [1.54, 1.807) is 0 Å². The summed E-state index contributed by atoms with van der Waals surface area (Å²) in [7, 11) is 0. The number of rotatable bonds is 2. The third kappa shape index (κ3) is 1.87. The molecule has 0 saturated heterocycles. The third-order valence-corrected chi connectivity index (χ3v) is 2.61. The van der Waals surface area contributed by atoms with E-state index in [-0.39, 0.29) is 0 Å². The molecule has 3 nitrogen and oxygen atoms in total. The number of fused-ring (bicyclic) bond motifs is 1. The minimum absolute atomic E-state index is 0.446. The van der Waals surface area contributed by atoms with Crippen LogP contribution in [-0.4, -0.2) is 10.1 Å². The molecule has 0 aliphatic carbocycles. The number of aromatic nitrogens is 3. The number of pyridine rings is 1. The minimum atomic E-state index is 0.446. The van der Waals surface area contributed by atoms with E-state index in [1.165, 1.54) is 5.39 Å². The van der Waals surface area contributed by atoms with Crippen LogP contribution in [0.5, 0.6) is 0 Å². The van der Waals surface area contributed by atoms with Gasteiger partial charge in [-0.2, -0.15) is 0 Å². The molecule has 0 atom stereocenters. The van der Waals surface area contributed by atoms with Gasteiger partial charge in [-0.3, -0.25) is 0 Å². The fourth-order valence-electron chi connectivity index (χ4n) is 1.58. The zero-order valence-corrected chi connectivity index (χ0v) is 9.78. The second kappa shape index (κ2) is 3.65. The van der Waals surface area contributed by atoms with Crippen LogP contribution in [0.3, 0.4) is 0 Å². The number of nitrogens with one attached hydrogen (secondary N) is 1. The third-order valence-electron chi connectivity index (χ3n) is 2.61. The van der Waals surface area contributed by atoms with Crippen molar-refractivity contribution in [2.45, 2.75) is 39.7 Å². The van der Waals surface area contributed by atoms with Crippen LogP contribution in [-0.2, 0) is 0 Å². The maximum atomic E-state index is 4.60. The molecule has 0 fully saturated rings. The highest BCUT2D eigenvalue weighted by molar-refractivity contribution is 5.72. The summed E-state index contributed by atoms with van der Waals surface area (Å²) in [6.07, 6.45) is 2.11. The summed E-state index contributed by atoms with van der Waals surface area (Å²) in [5, 5.41) is 4.47. The van der Waals surface area contributed by atoms with Gasteiger partial charge in [0.1, 0.15) is 0 Å². The molecule has 0 saturated carbocycles. The Kier molecular flexibility index (Phi) is 2.47. The average Bonchev–Trinajstić information content (AvgIpc) is 2.59. The lowest BCUT2D eigenvalue weighted by Gasteiger charge is -2.01. The van der Waals surface area contributed by atoms with Gasteiger partial charge in [-0.15, -0.1) is 9.78 Å². The molecule has 0 aliphatic rings. The highest BCUT2D eigenvalue weighted by Crippen LogP contribution is 2.15. The van der Waals surface area contributed by atoms with E-state index in [4.69, 9.17) is 0 Å². The van der Waals surface area contributed by atoms with Crippen molar-refractivity contribution in [1.82, 2.24) is 10.1 Å². The van der Waals surface area contributed by atoms with Gasteiger partial charge in [0, 0.05) is 5.69 Å². The summed E-state index contributed by atoms with van der Waals surface area (Å²) < 4.78 is 2.09. The Bertz CT molecular complexity index is 463. The van der Waals surface area contributed by atoms with E-state index in [0.717, 1.165) is 11.3 Å². The van der Waals surface area contributed by atoms with Crippen LogP contribution in [0, 0.1) is 0 Å². The van der Waals surface area contributed by atoms with Crippen molar-refractivity contribution in [2.75, 3.05) is 0 Å². The molecule has 0 unspecified atom stereocenters. The number of H-pyrrole nitrogens is 1. The van der Waals surface area contributed by atoms with Crippen molar-refractivity contribution >= 4 is 11.0 Å². The second-order valence-electron chi connectivity index (χ2n) is 4.57. The van der Waals surface area contributed by atoms with Gasteiger partial charge in [0.15, 0.2) is 11.7 Å². The summed E-state index contributed by atoms with van der Waals surface area (Å²) in [5.74, 6) is 0.477. The number of aromatic amines is 1. The van der Waals surface area contributed by atoms with Crippen LogP contribution in [0.25, 0.3) is 11.0 Å². The number of nitrogens with zero attached hydrogens (tertiary/aromatic N) is 2.